The Morgan fingerprint density at radius 2 is 1.76 bits per heavy atom. The summed E-state index contributed by atoms with van der Waals surface area (Å²) in [6.07, 6.45) is -0.00484. The highest BCUT2D eigenvalue weighted by atomic mass is 35.5. The summed E-state index contributed by atoms with van der Waals surface area (Å²) in [5, 5.41) is 3.06. The molecule has 25 heavy (non-hydrogen) atoms. The third kappa shape index (κ3) is 3.34. The van der Waals surface area contributed by atoms with E-state index in [1.807, 2.05) is 0 Å². The van der Waals surface area contributed by atoms with Crippen LogP contribution in [0.1, 0.15) is 27.1 Å². The first-order valence-electron chi connectivity index (χ1n) is 7.60. The van der Waals surface area contributed by atoms with Gasteiger partial charge in [-0.1, -0.05) is 23.7 Å². The normalized spacial score (nSPS) is 13.0. The third-order valence-electron chi connectivity index (χ3n) is 3.88. The molecule has 6 nitrogen and oxygen atoms in total. The monoisotopic (exact) mass is 358 g/mol. The zero-order chi connectivity index (χ0) is 18.0. The van der Waals surface area contributed by atoms with Crippen LogP contribution in [0.25, 0.3) is 0 Å². The minimum absolute atomic E-state index is 0.00484. The molecule has 0 aliphatic carbocycles. The van der Waals surface area contributed by atoms with Crippen molar-refractivity contribution in [2.45, 2.75) is 6.42 Å². The average Bonchev–Trinajstić information content (AvgIpc) is 2.85. The Kier molecular flexibility index (Phi) is 4.72. The van der Waals surface area contributed by atoms with Crippen LogP contribution in [0, 0.1) is 0 Å². The van der Waals surface area contributed by atoms with E-state index in [2.05, 4.69) is 5.32 Å². The standard InChI is InChI=1S/C18H15ClN2O4/c1-25-15-7-6-11(10-14(15)19)20-16(22)8-9-21-17(23)12-4-2-3-5-13(12)18(21)24/h2-7,10H,8-9H2,1H3,(H,20,22). The van der Waals surface area contributed by atoms with Gasteiger partial charge in [0.1, 0.15) is 5.75 Å². The van der Waals surface area contributed by atoms with Gasteiger partial charge < -0.3 is 10.1 Å². The molecular formula is C18H15ClN2O4. The van der Waals surface area contributed by atoms with Crippen LogP contribution in [0.2, 0.25) is 5.02 Å². The minimum Gasteiger partial charge on any atom is -0.495 e. The number of anilines is 1. The number of carbonyl (C=O) groups excluding carboxylic acids is 3. The van der Waals surface area contributed by atoms with Gasteiger partial charge in [0.2, 0.25) is 5.91 Å². The largest absolute Gasteiger partial charge is 0.495 e. The molecule has 3 amide bonds. The number of nitrogens with one attached hydrogen (secondary N) is 1. The van der Waals surface area contributed by atoms with E-state index < -0.39 is 0 Å². The molecule has 0 radical (unpaired) electrons. The molecule has 1 N–H and O–H groups in total. The highest BCUT2D eigenvalue weighted by Gasteiger charge is 2.34. The van der Waals surface area contributed by atoms with E-state index >= 15 is 0 Å². The van der Waals surface area contributed by atoms with Crippen LogP contribution < -0.4 is 10.1 Å². The summed E-state index contributed by atoms with van der Waals surface area (Å²) in [4.78, 5) is 37.6. The van der Waals surface area contributed by atoms with E-state index in [9.17, 15) is 14.4 Å². The molecule has 1 aliphatic heterocycles. The Bertz CT molecular complexity index is 831. The fourth-order valence-electron chi connectivity index (χ4n) is 2.62. The Balaban J connectivity index is 1.61. The highest BCUT2D eigenvalue weighted by molar-refractivity contribution is 6.32. The maximum absolute atomic E-state index is 12.2. The molecule has 0 fully saturated rings. The second-order valence-corrected chi connectivity index (χ2v) is 5.86. The lowest BCUT2D eigenvalue weighted by Crippen LogP contribution is -2.32. The average molecular weight is 359 g/mol. The van der Waals surface area contributed by atoms with Crippen molar-refractivity contribution < 1.29 is 19.1 Å². The maximum Gasteiger partial charge on any atom is 0.261 e. The van der Waals surface area contributed by atoms with E-state index in [1.165, 1.54) is 7.11 Å². The van der Waals surface area contributed by atoms with E-state index in [4.69, 9.17) is 16.3 Å². The fraction of sp³-hybridized carbons (Fsp3) is 0.167. The van der Waals surface area contributed by atoms with Gasteiger partial charge in [-0.15, -0.1) is 0 Å². The number of imide groups is 1. The SMILES string of the molecule is COc1ccc(NC(=O)CCN2C(=O)c3ccccc3C2=O)cc1Cl. The van der Waals surface area contributed by atoms with Gasteiger partial charge in [-0.3, -0.25) is 19.3 Å². The van der Waals surface area contributed by atoms with E-state index in [0.717, 1.165) is 4.90 Å². The number of amides is 3. The van der Waals surface area contributed by atoms with Gasteiger partial charge in [0.15, 0.2) is 0 Å². The Labute approximate surface area is 149 Å². The molecule has 1 aliphatic rings. The van der Waals surface area contributed by atoms with Crippen molar-refractivity contribution in [2.24, 2.45) is 0 Å². The molecule has 2 aromatic carbocycles. The predicted molar refractivity (Wildman–Crippen MR) is 93.1 cm³/mol. The molecule has 128 valence electrons. The number of carbonyl (C=O) groups is 3. The number of methoxy groups -OCH3 is 1. The first-order valence-corrected chi connectivity index (χ1v) is 7.97. The molecule has 0 bridgehead atoms. The van der Waals surface area contributed by atoms with Gasteiger partial charge in [0, 0.05) is 18.7 Å². The Morgan fingerprint density at radius 3 is 2.32 bits per heavy atom. The van der Waals surface area contributed by atoms with Crippen LogP contribution in [-0.4, -0.2) is 36.3 Å². The van der Waals surface area contributed by atoms with Crippen molar-refractivity contribution in [2.75, 3.05) is 19.0 Å². The fourth-order valence-corrected chi connectivity index (χ4v) is 2.88. The number of nitrogens with zero attached hydrogens (tertiary/aromatic N) is 1. The van der Waals surface area contributed by atoms with Crippen molar-refractivity contribution >= 4 is 35.0 Å². The lowest BCUT2D eigenvalue weighted by atomic mass is 10.1. The molecular weight excluding hydrogens is 344 g/mol. The van der Waals surface area contributed by atoms with Crippen molar-refractivity contribution in [3.05, 3.63) is 58.6 Å². The lowest BCUT2D eigenvalue weighted by molar-refractivity contribution is -0.116. The molecule has 0 saturated heterocycles. The summed E-state index contributed by atoms with van der Waals surface area (Å²) < 4.78 is 5.05. The molecule has 0 atom stereocenters. The molecule has 0 spiro atoms. The molecule has 3 rings (SSSR count). The summed E-state index contributed by atoms with van der Waals surface area (Å²) in [7, 11) is 1.50. The number of hydrogen-bond donors (Lipinski definition) is 1. The second-order valence-electron chi connectivity index (χ2n) is 5.46. The summed E-state index contributed by atoms with van der Waals surface area (Å²) in [6.45, 7) is 0.0159. The number of benzene rings is 2. The smallest absolute Gasteiger partial charge is 0.261 e. The van der Waals surface area contributed by atoms with Gasteiger partial charge >= 0.3 is 0 Å². The van der Waals surface area contributed by atoms with Crippen LogP contribution in [-0.2, 0) is 4.79 Å². The van der Waals surface area contributed by atoms with Crippen LogP contribution in [0.5, 0.6) is 5.75 Å². The molecule has 2 aromatic rings. The van der Waals surface area contributed by atoms with Gasteiger partial charge in [-0.05, 0) is 30.3 Å². The first kappa shape index (κ1) is 17.0. The first-order chi connectivity index (χ1) is 12.0. The summed E-state index contributed by atoms with van der Waals surface area (Å²) >= 11 is 6.01. The third-order valence-corrected chi connectivity index (χ3v) is 4.17. The van der Waals surface area contributed by atoms with Crippen LogP contribution in [0.15, 0.2) is 42.5 Å². The van der Waals surface area contributed by atoms with Crippen molar-refractivity contribution in [3.8, 4) is 5.75 Å². The zero-order valence-corrected chi connectivity index (χ0v) is 14.2. The number of hydrogen-bond acceptors (Lipinski definition) is 4. The Hall–Kier alpha value is -2.86. The molecule has 1 heterocycles. The minimum atomic E-state index is -0.374. The number of halogens is 1. The zero-order valence-electron chi connectivity index (χ0n) is 13.4. The molecule has 0 saturated carbocycles. The number of rotatable bonds is 5. The summed E-state index contributed by atoms with van der Waals surface area (Å²) in [6, 6.07) is 11.5. The van der Waals surface area contributed by atoms with Crippen LogP contribution in [0.3, 0.4) is 0 Å². The van der Waals surface area contributed by atoms with Crippen molar-refractivity contribution in [3.63, 3.8) is 0 Å². The summed E-state index contributed by atoms with van der Waals surface area (Å²) in [5.74, 6) is -0.565. The van der Waals surface area contributed by atoms with Gasteiger partial charge in [0.25, 0.3) is 11.8 Å². The Morgan fingerprint density at radius 1 is 1.12 bits per heavy atom. The van der Waals surface area contributed by atoms with Crippen LogP contribution >= 0.6 is 11.6 Å². The number of fused-ring (bicyclic) bond motifs is 1. The molecule has 0 aromatic heterocycles. The molecule has 7 heteroatoms. The topological polar surface area (TPSA) is 75.7 Å². The maximum atomic E-state index is 12.2. The number of ether oxygens (including phenoxy) is 1. The second kappa shape index (κ2) is 6.94. The van der Waals surface area contributed by atoms with E-state index in [-0.39, 0.29) is 30.7 Å². The van der Waals surface area contributed by atoms with Crippen molar-refractivity contribution in [1.82, 2.24) is 4.90 Å². The van der Waals surface area contributed by atoms with E-state index in [1.54, 1.807) is 42.5 Å². The van der Waals surface area contributed by atoms with Crippen molar-refractivity contribution in [1.29, 1.82) is 0 Å². The summed E-state index contributed by atoms with van der Waals surface area (Å²) in [5.41, 5.74) is 1.25. The van der Waals surface area contributed by atoms with Gasteiger partial charge in [-0.2, -0.15) is 0 Å². The quantitative estimate of drug-likeness (QED) is 0.834. The highest BCUT2D eigenvalue weighted by Crippen LogP contribution is 2.27. The van der Waals surface area contributed by atoms with E-state index in [0.29, 0.717) is 27.6 Å². The van der Waals surface area contributed by atoms with Gasteiger partial charge in [-0.25, -0.2) is 0 Å². The predicted octanol–water partition coefficient (Wildman–Crippen LogP) is 2.97. The molecule has 0 unspecified atom stereocenters. The van der Waals surface area contributed by atoms with Crippen LogP contribution in [0.4, 0.5) is 5.69 Å². The van der Waals surface area contributed by atoms with Gasteiger partial charge in [0.05, 0.1) is 23.3 Å². The lowest BCUT2D eigenvalue weighted by Gasteiger charge is -2.13.